The van der Waals surface area contributed by atoms with Crippen molar-refractivity contribution in [2.75, 3.05) is 73.5 Å². The number of aliphatic hydroxyl groups is 2. The molecule has 0 unspecified atom stereocenters. The molecule has 1 amide bonds. The molecule has 5 N–H and O–H groups in total. The van der Waals surface area contributed by atoms with Gasteiger partial charge in [0.1, 0.15) is 35.6 Å². The number of carboxylic acid groups (broad SMARTS) is 1. The highest BCUT2D eigenvalue weighted by Crippen LogP contribution is 2.44. The average molecular weight is 1220 g/mol. The van der Waals surface area contributed by atoms with Crippen LogP contribution in [0.15, 0.2) is 17.1 Å². The summed E-state index contributed by atoms with van der Waals surface area (Å²) in [6.07, 6.45) is -7.37. The number of amides is 1. The summed E-state index contributed by atoms with van der Waals surface area (Å²) >= 11 is 0. The second-order valence-electron chi connectivity index (χ2n) is 25.1. The van der Waals surface area contributed by atoms with Gasteiger partial charge in [-0.1, -0.05) is 20.8 Å². The minimum Gasteiger partial charge on any atom is -0.494 e. The molecule has 0 spiro atoms. The molecule has 1 aromatic heterocycles. The molecule has 5 fully saturated rings. The summed E-state index contributed by atoms with van der Waals surface area (Å²) in [7, 11) is 8.29. The molecule has 5 heterocycles. The fourth-order valence-electron chi connectivity index (χ4n) is 13.1. The second kappa shape index (κ2) is 28.0. The van der Waals surface area contributed by atoms with Crippen LogP contribution in [0.4, 0.5) is 14.9 Å². The number of rotatable bonds is 20. The molecule has 5 aliphatic rings. The van der Waals surface area contributed by atoms with Crippen molar-refractivity contribution in [3.8, 4) is 5.75 Å². The highest BCUT2D eigenvalue weighted by molar-refractivity contribution is 5.97. The molecule has 484 valence electrons. The SMILES string of the molecule is CC[C@@H]1OC(=O)[C@H](C)[C@@H](O[C@H]2C[C@@](C)(OC)[C@@H](OC(=O)CNC(=O)CCOCCNc3c(F)cc4c(c3OC)c(=O)c(C(=O)O)cn4C3CC3)[C@H](C)O2)[C@@H](C)[C@@H](O[C@@H]2O[C@H](C)C[C@H](N(C)C)[C@H]2O)[C@](C)(O)C[C@H](C)CN(C)[C@H](C)[C@H]2OC(=O)O[C@]12C. The molecule has 1 saturated carbocycles. The summed E-state index contributed by atoms with van der Waals surface area (Å²) in [5.41, 5.74) is -5.56. The van der Waals surface area contributed by atoms with E-state index in [-0.39, 0.29) is 91.9 Å². The largest absolute Gasteiger partial charge is 0.509 e. The first-order chi connectivity index (χ1) is 40.4. The van der Waals surface area contributed by atoms with Crippen LogP contribution < -0.4 is 20.8 Å². The number of nitrogens with one attached hydrogen (secondary N) is 2. The number of aromatic carboxylic acids is 1. The van der Waals surface area contributed by atoms with Gasteiger partial charge in [0.25, 0.3) is 0 Å². The van der Waals surface area contributed by atoms with E-state index in [0.717, 1.165) is 12.8 Å². The van der Waals surface area contributed by atoms with Crippen molar-refractivity contribution in [1.82, 2.24) is 19.7 Å². The number of hydrogen-bond donors (Lipinski definition) is 5. The van der Waals surface area contributed by atoms with Gasteiger partial charge in [0.15, 0.2) is 42.0 Å². The number of esters is 2. The number of halogens is 1. The van der Waals surface area contributed by atoms with E-state index in [1.807, 2.05) is 58.6 Å². The maximum absolute atomic E-state index is 15.6. The van der Waals surface area contributed by atoms with Crippen molar-refractivity contribution in [2.24, 2.45) is 17.8 Å². The zero-order valence-electron chi connectivity index (χ0n) is 52.4. The number of carbonyl (C=O) groups is 5. The minimum atomic E-state index is -1.67. The van der Waals surface area contributed by atoms with Gasteiger partial charge in [-0.15, -0.1) is 0 Å². The molecule has 1 aromatic carbocycles. The molecular formula is C60H92FN5O20. The van der Waals surface area contributed by atoms with Gasteiger partial charge in [-0.2, -0.15) is 0 Å². The van der Waals surface area contributed by atoms with E-state index in [2.05, 4.69) is 10.6 Å². The molecule has 25 nitrogen and oxygen atoms in total. The second-order valence-corrected chi connectivity index (χ2v) is 25.1. The van der Waals surface area contributed by atoms with E-state index in [1.165, 1.54) is 26.5 Å². The van der Waals surface area contributed by atoms with Gasteiger partial charge >= 0.3 is 24.1 Å². The number of benzene rings is 1. The lowest BCUT2D eigenvalue weighted by atomic mass is 9.77. The Morgan fingerprint density at radius 3 is 2.28 bits per heavy atom. The predicted octanol–water partition coefficient (Wildman–Crippen LogP) is 4.76. The fourth-order valence-corrected chi connectivity index (χ4v) is 13.1. The van der Waals surface area contributed by atoms with E-state index in [9.17, 15) is 44.1 Å². The number of cyclic esters (lactones) is 1. The molecule has 2 aromatic rings. The summed E-state index contributed by atoms with van der Waals surface area (Å²) in [6, 6.07) is 0.321. The Bertz CT molecular complexity index is 2800. The van der Waals surface area contributed by atoms with Crippen molar-refractivity contribution in [1.29, 1.82) is 0 Å². The highest BCUT2D eigenvalue weighted by atomic mass is 19.1. The van der Waals surface area contributed by atoms with Gasteiger partial charge in [-0.3, -0.25) is 24.1 Å². The van der Waals surface area contributed by atoms with Gasteiger partial charge in [-0.05, 0) is 108 Å². The number of aromatic nitrogens is 1. The monoisotopic (exact) mass is 1220 g/mol. The van der Waals surface area contributed by atoms with Crippen LogP contribution in [0.5, 0.6) is 5.75 Å². The first-order valence-corrected chi connectivity index (χ1v) is 29.9. The van der Waals surface area contributed by atoms with E-state index in [4.69, 9.17) is 52.1 Å². The van der Waals surface area contributed by atoms with Crippen LogP contribution in [0.1, 0.15) is 131 Å². The molecule has 26 heteroatoms. The molecule has 0 bridgehead atoms. The van der Waals surface area contributed by atoms with Crippen LogP contribution in [0.3, 0.4) is 0 Å². The van der Waals surface area contributed by atoms with Crippen LogP contribution in [-0.4, -0.2) is 218 Å². The lowest BCUT2D eigenvalue weighted by Crippen LogP contribution is -2.61. The Kier molecular flexibility index (Phi) is 22.2. The number of nitrogens with zero attached hydrogens (tertiary/aromatic N) is 3. The zero-order chi connectivity index (χ0) is 63.5. The Balaban J connectivity index is 1.02. The first kappa shape index (κ1) is 68.2. The molecule has 4 saturated heterocycles. The van der Waals surface area contributed by atoms with Crippen molar-refractivity contribution < 1.29 is 95.8 Å². The van der Waals surface area contributed by atoms with Crippen LogP contribution in [0, 0.1) is 23.6 Å². The van der Waals surface area contributed by atoms with Crippen molar-refractivity contribution in [3.05, 3.63) is 33.9 Å². The molecule has 18 atom stereocenters. The molecule has 86 heavy (non-hydrogen) atoms. The van der Waals surface area contributed by atoms with Crippen molar-refractivity contribution in [2.45, 2.75) is 211 Å². The number of hydrogen-bond acceptors (Lipinski definition) is 22. The highest BCUT2D eigenvalue weighted by Gasteiger charge is 2.59. The number of aliphatic hydroxyl groups excluding tert-OH is 1. The Morgan fingerprint density at radius 2 is 1.65 bits per heavy atom. The summed E-state index contributed by atoms with van der Waals surface area (Å²) in [5, 5.41) is 39.7. The number of ether oxygens (including phenoxy) is 11. The Hall–Kier alpha value is -5.29. The van der Waals surface area contributed by atoms with E-state index >= 15 is 4.39 Å². The molecule has 1 aliphatic carbocycles. The van der Waals surface area contributed by atoms with Crippen LogP contribution in [0.2, 0.25) is 0 Å². The maximum atomic E-state index is 15.6. The van der Waals surface area contributed by atoms with E-state index in [0.29, 0.717) is 13.0 Å². The Labute approximate surface area is 502 Å². The number of methoxy groups -OCH3 is 2. The van der Waals surface area contributed by atoms with E-state index < -0.39 is 143 Å². The summed E-state index contributed by atoms with van der Waals surface area (Å²) in [4.78, 5) is 83.4. The molecular weight excluding hydrogens is 1130 g/mol. The number of likely N-dealkylation sites (N-methyl/N-ethyl adjacent to an activating group) is 2. The van der Waals surface area contributed by atoms with Gasteiger partial charge in [0, 0.05) is 69.3 Å². The summed E-state index contributed by atoms with van der Waals surface area (Å²) in [5.74, 6) is -6.57. The molecule has 7 rings (SSSR count). The van der Waals surface area contributed by atoms with Gasteiger partial charge in [0.05, 0.1) is 67.2 Å². The van der Waals surface area contributed by atoms with Gasteiger partial charge in [0.2, 0.25) is 11.3 Å². The summed E-state index contributed by atoms with van der Waals surface area (Å²) in [6.45, 7) is 17.5. The number of anilines is 1. The molecule has 0 radical (unpaired) electrons. The summed E-state index contributed by atoms with van der Waals surface area (Å²) < 4.78 is 84.9. The number of carboxylic acids is 1. The fraction of sp³-hybridized carbons (Fsp3) is 0.767. The van der Waals surface area contributed by atoms with Crippen LogP contribution in [0.25, 0.3) is 10.9 Å². The third-order valence-electron chi connectivity index (χ3n) is 17.9. The van der Waals surface area contributed by atoms with Gasteiger partial charge < -0.3 is 87.5 Å². The normalized spacial score (nSPS) is 35.8. The number of carbonyl (C=O) groups excluding carboxylic acids is 4. The average Bonchev–Trinajstić information content (AvgIpc) is 1.29. The molecule has 4 aliphatic heterocycles. The lowest BCUT2D eigenvalue weighted by Gasteiger charge is -2.49. The Morgan fingerprint density at radius 1 is 0.953 bits per heavy atom. The van der Waals surface area contributed by atoms with E-state index in [1.54, 1.807) is 46.1 Å². The van der Waals surface area contributed by atoms with Crippen LogP contribution in [-0.2, 0) is 61.8 Å². The lowest BCUT2D eigenvalue weighted by molar-refractivity contribution is -0.318. The standard InChI is InChI=1S/C60H92FN5O20/c1-16-41-60(10)52(85-57(74)86-60)34(6)65(13)28-30(2)25-58(8,75)51(84-56-48(70)40(64(11)12)23-31(3)79-56)32(4)49(33(5)55(73)81-41)83-44-26-59(9,77-15)53(35(7)80-44)82-43(68)27-63-42(67)19-21-78-22-20-62-46-38(61)24-39-45(50(46)76-14)47(69)37(54(71)72)29-66(39)36-17-18-36/h24,29-36,40-41,44,48-49,51-53,56,62,70,75H,16-23,25-28H2,1-15H3,(H,63,67)(H,71,72)/t30-,31+,32+,33+,34+,35-,40-,41-,44-,48+,49-,51+,52+,53-,56-,58+,59+,60+/m0/s1. The smallest absolute Gasteiger partial charge is 0.494 e. The third kappa shape index (κ3) is 15.1. The van der Waals surface area contributed by atoms with Crippen molar-refractivity contribution in [3.63, 3.8) is 0 Å². The van der Waals surface area contributed by atoms with Crippen molar-refractivity contribution >= 4 is 46.6 Å². The number of fused-ring (bicyclic) bond motifs is 2. The van der Waals surface area contributed by atoms with Crippen LogP contribution >= 0.6 is 0 Å². The third-order valence-corrected chi connectivity index (χ3v) is 17.9. The maximum Gasteiger partial charge on any atom is 0.509 e. The first-order valence-electron chi connectivity index (χ1n) is 29.9. The quantitative estimate of drug-likeness (QED) is 0.0678. The topological polar surface area (TPSA) is 300 Å². The minimum absolute atomic E-state index is 0.0143. The number of pyridine rings is 1. The zero-order valence-corrected chi connectivity index (χ0v) is 52.4. The predicted molar refractivity (Wildman–Crippen MR) is 308 cm³/mol. The van der Waals surface area contributed by atoms with Gasteiger partial charge in [-0.25, -0.2) is 14.0 Å².